The van der Waals surface area contributed by atoms with Crippen LogP contribution < -0.4 is 5.32 Å². The van der Waals surface area contributed by atoms with Crippen LogP contribution in [-0.2, 0) is 31.0 Å². The van der Waals surface area contributed by atoms with Crippen molar-refractivity contribution in [1.82, 2.24) is 20.0 Å². The van der Waals surface area contributed by atoms with Gasteiger partial charge in [0.1, 0.15) is 0 Å². The van der Waals surface area contributed by atoms with E-state index in [2.05, 4.69) is 68.5 Å². The fraction of sp³-hybridized carbons (Fsp3) is 0.300. The lowest BCUT2D eigenvalue weighted by Gasteiger charge is -2.26. The highest BCUT2D eigenvalue weighted by Crippen LogP contribution is 2.29. The van der Waals surface area contributed by atoms with Crippen LogP contribution >= 0.6 is 11.3 Å². The number of carbonyl (C=O) groups excluding carboxylic acids is 1. The molecule has 0 unspecified atom stereocenters. The van der Waals surface area contributed by atoms with Crippen molar-refractivity contribution in [1.29, 1.82) is 0 Å². The number of nitrogens with zero attached hydrogens (tertiary/aromatic N) is 3. The molecule has 6 heteroatoms. The van der Waals surface area contributed by atoms with E-state index in [1.807, 2.05) is 11.3 Å². The lowest BCUT2D eigenvalue weighted by atomic mass is 10.2. The molecule has 3 heterocycles. The average molecular weight is 366 g/mol. The minimum absolute atomic E-state index is 0.0236. The molecule has 0 aliphatic carbocycles. The van der Waals surface area contributed by atoms with Gasteiger partial charge in [-0.15, -0.1) is 11.3 Å². The molecule has 1 N–H and O–H groups in total. The number of fused-ring (bicyclic) bond motifs is 1. The molecule has 2 aromatic heterocycles. The molecule has 0 spiro atoms. The maximum atomic E-state index is 11.1. The molecule has 0 radical (unpaired) electrons. The van der Waals surface area contributed by atoms with Crippen LogP contribution in [-0.4, -0.2) is 27.1 Å². The molecule has 4 rings (SSSR count). The van der Waals surface area contributed by atoms with Gasteiger partial charge in [0.15, 0.2) is 0 Å². The van der Waals surface area contributed by atoms with Crippen LogP contribution in [0.5, 0.6) is 0 Å². The molecule has 1 aliphatic heterocycles. The molecule has 0 saturated heterocycles. The van der Waals surface area contributed by atoms with Gasteiger partial charge in [-0.3, -0.25) is 14.4 Å². The Morgan fingerprint density at radius 3 is 2.85 bits per heavy atom. The first-order valence-corrected chi connectivity index (χ1v) is 9.65. The molecule has 0 atom stereocenters. The lowest BCUT2D eigenvalue weighted by molar-refractivity contribution is -0.119. The Labute approximate surface area is 157 Å². The maximum Gasteiger partial charge on any atom is 0.217 e. The fourth-order valence-electron chi connectivity index (χ4n) is 3.26. The molecule has 0 saturated carbocycles. The number of thiophene rings is 1. The van der Waals surface area contributed by atoms with Gasteiger partial charge >= 0.3 is 0 Å². The summed E-state index contributed by atoms with van der Waals surface area (Å²) in [6, 6.07) is 17.1. The zero-order valence-corrected chi connectivity index (χ0v) is 15.6. The first kappa shape index (κ1) is 17.0. The highest BCUT2D eigenvalue weighted by Gasteiger charge is 2.19. The molecule has 26 heavy (non-hydrogen) atoms. The first-order valence-electron chi connectivity index (χ1n) is 8.84. The Morgan fingerprint density at radius 1 is 1.19 bits per heavy atom. The van der Waals surface area contributed by atoms with Crippen LogP contribution in [0, 0.1) is 0 Å². The summed E-state index contributed by atoms with van der Waals surface area (Å²) in [5.41, 5.74) is 3.43. The Hall–Kier alpha value is -2.44. The minimum Gasteiger partial charge on any atom is -0.351 e. The summed E-state index contributed by atoms with van der Waals surface area (Å²) >= 11 is 1.87. The standard InChI is InChI=1S/C20H22N4OS/c1-15(25)21-12-17-11-18-13-23(9-10-24(18)22-17)14-19-7-8-20(26-19)16-5-3-2-4-6-16/h2-8,11H,9-10,12-14H2,1H3,(H,21,25). The highest BCUT2D eigenvalue weighted by molar-refractivity contribution is 7.15. The van der Waals surface area contributed by atoms with E-state index in [1.165, 1.54) is 27.9 Å². The SMILES string of the molecule is CC(=O)NCc1cc2n(n1)CCN(Cc1ccc(-c3ccccc3)s1)C2. The van der Waals surface area contributed by atoms with Gasteiger partial charge in [0.05, 0.1) is 24.5 Å². The average Bonchev–Trinajstić information content (AvgIpc) is 3.27. The van der Waals surface area contributed by atoms with Gasteiger partial charge in [0, 0.05) is 36.3 Å². The third-order valence-electron chi connectivity index (χ3n) is 4.55. The normalized spacial score (nSPS) is 14.2. The van der Waals surface area contributed by atoms with Gasteiger partial charge in [0.25, 0.3) is 0 Å². The topological polar surface area (TPSA) is 50.2 Å². The lowest BCUT2D eigenvalue weighted by Crippen LogP contribution is -2.33. The van der Waals surface area contributed by atoms with E-state index in [0.717, 1.165) is 31.9 Å². The van der Waals surface area contributed by atoms with Crippen molar-refractivity contribution in [3.8, 4) is 10.4 Å². The van der Waals surface area contributed by atoms with Gasteiger partial charge < -0.3 is 5.32 Å². The molecular weight excluding hydrogens is 344 g/mol. The largest absolute Gasteiger partial charge is 0.351 e. The Kier molecular flexibility index (Phi) is 4.86. The predicted octanol–water partition coefficient (Wildman–Crippen LogP) is 3.26. The molecule has 3 aromatic rings. The molecule has 1 aromatic carbocycles. The summed E-state index contributed by atoms with van der Waals surface area (Å²) < 4.78 is 2.07. The Bertz CT molecular complexity index is 900. The van der Waals surface area contributed by atoms with Crippen molar-refractivity contribution in [2.45, 2.75) is 33.1 Å². The summed E-state index contributed by atoms with van der Waals surface area (Å²) in [5.74, 6) is -0.0236. The summed E-state index contributed by atoms with van der Waals surface area (Å²) in [6.45, 7) is 5.78. The van der Waals surface area contributed by atoms with Crippen molar-refractivity contribution < 1.29 is 4.79 Å². The highest BCUT2D eigenvalue weighted by atomic mass is 32.1. The van der Waals surface area contributed by atoms with Crippen LogP contribution in [0.15, 0.2) is 48.5 Å². The Morgan fingerprint density at radius 2 is 2.04 bits per heavy atom. The molecule has 0 fully saturated rings. The number of hydrogen-bond acceptors (Lipinski definition) is 4. The van der Waals surface area contributed by atoms with Gasteiger partial charge in [-0.1, -0.05) is 30.3 Å². The summed E-state index contributed by atoms with van der Waals surface area (Å²) in [7, 11) is 0. The Balaban J connectivity index is 1.40. The second kappa shape index (κ2) is 7.43. The minimum atomic E-state index is -0.0236. The van der Waals surface area contributed by atoms with Crippen LogP contribution in [0.3, 0.4) is 0 Å². The summed E-state index contributed by atoms with van der Waals surface area (Å²) in [6.07, 6.45) is 0. The van der Waals surface area contributed by atoms with E-state index in [4.69, 9.17) is 0 Å². The van der Waals surface area contributed by atoms with Crippen LogP contribution in [0.2, 0.25) is 0 Å². The van der Waals surface area contributed by atoms with Crippen molar-refractivity contribution in [3.63, 3.8) is 0 Å². The fourth-order valence-corrected chi connectivity index (χ4v) is 4.31. The quantitative estimate of drug-likeness (QED) is 0.754. The van der Waals surface area contributed by atoms with E-state index in [1.54, 1.807) is 0 Å². The third-order valence-corrected chi connectivity index (χ3v) is 5.66. The molecule has 134 valence electrons. The van der Waals surface area contributed by atoms with Gasteiger partial charge in [-0.05, 0) is 23.8 Å². The van der Waals surface area contributed by atoms with E-state index < -0.39 is 0 Å². The van der Waals surface area contributed by atoms with Gasteiger partial charge in [0.2, 0.25) is 5.91 Å². The zero-order chi connectivity index (χ0) is 17.9. The number of rotatable bonds is 5. The van der Waals surface area contributed by atoms with E-state index in [0.29, 0.717) is 6.54 Å². The second-order valence-electron chi connectivity index (χ2n) is 6.60. The van der Waals surface area contributed by atoms with Gasteiger partial charge in [-0.25, -0.2) is 0 Å². The monoisotopic (exact) mass is 366 g/mol. The van der Waals surface area contributed by atoms with Crippen molar-refractivity contribution in [2.24, 2.45) is 0 Å². The maximum absolute atomic E-state index is 11.1. The van der Waals surface area contributed by atoms with Gasteiger partial charge in [-0.2, -0.15) is 5.10 Å². The molecule has 0 bridgehead atoms. The summed E-state index contributed by atoms with van der Waals surface area (Å²) in [5, 5.41) is 7.40. The van der Waals surface area contributed by atoms with E-state index >= 15 is 0 Å². The van der Waals surface area contributed by atoms with E-state index in [-0.39, 0.29) is 5.91 Å². The number of amides is 1. The zero-order valence-electron chi connectivity index (χ0n) is 14.8. The first-order chi connectivity index (χ1) is 12.7. The van der Waals surface area contributed by atoms with Crippen LogP contribution in [0.25, 0.3) is 10.4 Å². The second-order valence-corrected chi connectivity index (χ2v) is 7.77. The molecule has 5 nitrogen and oxygen atoms in total. The number of hydrogen-bond donors (Lipinski definition) is 1. The van der Waals surface area contributed by atoms with Crippen molar-refractivity contribution >= 4 is 17.2 Å². The third kappa shape index (κ3) is 3.86. The predicted molar refractivity (Wildman–Crippen MR) is 104 cm³/mol. The smallest absolute Gasteiger partial charge is 0.217 e. The van der Waals surface area contributed by atoms with Crippen LogP contribution in [0.1, 0.15) is 23.2 Å². The molecule has 1 aliphatic rings. The number of benzene rings is 1. The molecule has 1 amide bonds. The number of nitrogens with one attached hydrogen (secondary N) is 1. The summed E-state index contributed by atoms with van der Waals surface area (Å²) in [4.78, 5) is 16.2. The van der Waals surface area contributed by atoms with Crippen molar-refractivity contribution in [3.05, 3.63) is 64.8 Å². The van der Waals surface area contributed by atoms with E-state index in [9.17, 15) is 4.79 Å². The molecular formula is C20H22N4OS. The van der Waals surface area contributed by atoms with Crippen LogP contribution in [0.4, 0.5) is 0 Å². The number of carbonyl (C=O) groups is 1. The van der Waals surface area contributed by atoms with Crippen molar-refractivity contribution in [2.75, 3.05) is 6.54 Å². The number of aromatic nitrogens is 2.